The van der Waals surface area contributed by atoms with Crippen molar-refractivity contribution in [2.45, 2.75) is 32.8 Å². The first-order valence-corrected chi connectivity index (χ1v) is 6.52. The Balaban J connectivity index is 2.33. The molecule has 1 aliphatic heterocycles. The summed E-state index contributed by atoms with van der Waals surface area (Å²) in [6, 6.07) is 5.93. The van der Waals surface area contributed by atoms with Gasteiger partial charge < -0.3 is 14.4 Å². The Bertz CT molecular complexity index is 482. The third-order valence-corrected chi connectivity index (χ3v) is 3.15. The van der Waals surface area contributed by atoms with E-state index >= 15 is 0 Å². The molecule has 0 aliphatic carbocycles. The van der Waals surface area contributed by atoms with Crippen LogP contribution in [0.4, 0.5) is 5.69 Å². The molecule has 0 bridgehead atoms. The number of anilines is 1. The lowest BCUT2D eigenvalue weighted by atomic mass is 10.0. The molecule has 0 spiro atoms. The van der Waals surface area contributed by atoms with E-state index in [1.165, 1.54) is 0 Å². The van der Waals surface area contributed by atoms with Gasteiger partial charge in [0.2, 0.25) is 5.91 Å². The molecule has 1 heterocycles. The molecule has 0 aromatic heterocycles. The summed E-state index contributed by atoms with van der Waals surface area (Å²) in [4.78, 5) is 14.1. The average Bonchev–Trinajstić information content (AvgIpc) is 2.35. The van der Waals surface area contributed by atoms with Crippen molar-refractivity contribution >= 4 is 11.6 Å². The largest absolute Gasteiger partial charge is 0.484 e. The number of hydrogen-bond acceptors (Lipinski definition) is 3. The van der Waals surface area contributed by atoms with E-state index in [2.05, 4.69) is 0 Å². The summed E-state index contributed by atoms with van der Waals surface area (Å²) in [5.74, 6) is 0.845. The van der Waals surface area contributed by atoms with Crippen molar-refractivity contribution in [3.8, 4) is 5.75 Å². The van der Waals surface area contributed by atoms with Crippen LogP contribution in [0.25, 0.3) is 0 Å². The molecule has 1 aromatic carbocycles. The molecule has 1 aromatic rings. The molecule has 4 heteroatoms. The molecule has 4 nitrogen and oxygen atoms in total. The number of ether oxygens (including phenoxy) is 2. The zero-order chi connectivity index (χ0) is 14.0. The topological polar surface area (TPSA) is 38.8 Å². The number of nitrogens with zero attached hydrogens (tertiary/aromatic N) is 1. The van der Waals surface area contributed by atoms with Crippen molar-refractivity contribution in [3.63, 3.8) is 0 Å². The molecular weight excluding hydrogens is 242 g/mol. The monoisotopic (exact) mass is 263 g/mol. The molecular formula is C15H21NO3. The quantitative estimate of drug-likeness (QED) is 0.841. The number of carbonyl (C=O) groups is 1. The van der Waals surface area contributed by atoms with Crippen molar-refractivity contribution in [2.24, 2.45) is 0 Å². The minimum atomic E-state index is -0.370. The van der Waals surface area contributed by atoms with Gasteiger partial charge >= 0.3 is 0 Å². The van der Waals surface area contributed by atoms with Gasteiger partial charge in [-0.2, -0.15) is 0 Å². The first kappa shape index (κ1) is 13.9. The SMILES string of the molecule is COCCC(=O)N1CC(C)(C)Oc2ccc(C)cc21. The first-order valence-electron chi connectivity index (χ1n) is 6.52. The van der Waals surface area contributed by atoms with E-state index < -0.39 is 0 Å². The molecule has 2 rings (SSSR count). The second-order valence-electron chi connectivity index (χ2n) is 5.56. The van der Waals surface area contributed by atoms with E-state index in [1.54, 1.807) is 7.11 Å². The van der Waals surface area contributed by atoms with Crippen LogP contribution in [-0.4, -0.2) is 31.8 Å². The van der Waals surface area contributed by atoms with Crippen molar-refractivity contribution in [2.75, 3.05) is 25.2 Å². The predicted octanol–water partition coefficient (Wildman–Crippen LogP) is 2.54. The molecule has 0 saturated heterocycles. The Morgan fingerprint density at radius 3 is 2.89 bits per heavy atom. The van der Waals surface area contributed by atoms with Crippen LogP contribution in [0, 0.1) is 6.92 Å². The van der Waals surface area contributed by atoms with Crippen LogP contribution in [0.1, 0.15) is 25.8 Å². The van der Waals surface area contributed by atoms with Gasteiger partial charge in [-0.25, -0.2) is 0 Å². The van der Waals surface area contributed by atoms with Gasteiger partial charge in [-0.15, -0.1) is 0 Å². The van der Waals surface area contributed by atoms with Crippen LogP contribution >= 0.6 is 0 Å². The van der Waals surface area contributed by atoms with E-state index in [9.17, 15) is 4.79 Å². The Morgan fingerprint density at radius 2 is 2.21 bits per heavy atom. The number of amides is 1. The molecule has 0 fully saturated rings. The summed E-state index contributed by atoms with van der Waals surface area (Å²) in [5.41, 5.74) is 1.61. The van der Waals surface area contributed by atoms with Crippen LogP contribution in [0.15, 0.2) is 18.2 Å². The smallest absolute Gasteiger partial charge is 0.229 e. The van der Waals surface area contributed by atoms with E-state index in [4.69, 9.17) is 9.47 Å². The van der Waals surface area contributed by atoms with Crippen molar-refractivity contribution in [1.82, 2.24) is 0 Å². The van der Waals surface area contributed by atoms with Crippen LogP contribution < -0.4 is 9.64 Å². The fourth-order valence-electron chi connectivity index (χ4n) is 2.27. The highest BCUT2D eigenvalue weighted by atomic mass is 16.5. The van der Waals surface area contributed by atoms with Crippen molar-refractivity contribution < 1.29 is 14.3 Å². The van der Waals surface area contributed by atoms with Gasteiger partial charge in [-0.05, 0) is 38.5 Å². The molecule has 0 unspecified atom stereocenters. The Labute approximate surface area is 114 Å². The third-order valence-electron chi connectivity index (χ3n) is 3.15. The maximum absolute atomic E-state index is 12.3. The predicted molar refractivity (Wildman–Crippen MR) is 74.7 cm³/mol. The molecule has 19 heavy (non-hydrogen) atoms. The van der Waals surface area contributed by atoms with Crippen molar-refractivity contribution in [3.05, 3.63) is 23.8 Å². The van der Waals surface area contributed by atoms with E-state index in [0.717, 1.165) is 17.0 Å². The third kappa shape index (κ3) is 3.07. The fourth-order valence-corrected chi connectivity index (χ4v) is 2.27. The first-order chi connectivity index (χ1) is 8.93. The molecule has 1 aliphatic rings. The lowest BCUT2D eigenvalue weighted by Gasteiger charge is -2.40. The lowest BCUT2D eigenvalue weighted by molar-refractivity contribution is -0.120. The van der Waals surface area contributed by atoms with E-state index in [0.29, 0.717) is 19.6 Å². The van der Waals surface area contributed by atoms with Crippen molar-refractivity contribution in [1.29, 1.82) is 0 Å². The zero-order valence-corrected chi connectivity index (χ0v) is 12.0. The fraction of sp³-hybridized carbons (Fsp3) is 0.533. The number of fused-ring (bicyclic) bond motifs is 1. The summed E-state index contributed by atoms with van der Waals surface area (Å²) in [6.07, 6.45) is 0.389. The number of methoxy groups -OCH3 is 1. The van der Waals surface area contributed by atoms with Crippen LogP contribution in [0.5, 0.6) is 5.75 Å². The number of benzene rings is 1. The molecule has 0 radical (unpaired) electrons. The van der Waals surface area contributed by atoms with Gasteiger partial charge in [-0.1, -0.05) is 6.07 Å². The highest BCUT2D eigenvalue weighted by molar-refractivity contribution is 5.95. The average molecular weight is 263 g/mol. The summed E-state index contributed by atoms with van der Waals surface area (Å²) < 4.78 is 10.9. The molecule has 104 valence electrons. The summed E-state index contributed by atoms with van der Waals surface area (Å²) in [6.45, 7) is 7.00. The van der Waals surface area contributed by atoms with E-state index in [-0.39, 0.29) is 11.5 Å². The molecule has 0 atom stereocenters. The summed E-state index contributed by atoms with van der Waals surface area (Å²) in [7, 11) is 1.61. The standard InChI is InChI=1S/C15H21NO3/c1-11-5-6-13-12(9-11)16(10-15(2,3)19-13)14(17)7-8-18-4/h5-6,9H,7-8,10H2,1-4H3. The highest BCUT2D eigenvalue weighted by Crippen LogP contribution is 2.37. The molecule has 1 amide bonds. The van der Waals surface area contributed by atoms with Gasteiger partial charge in [0, 0.05) is 7.11 Å². The Kier molecular flexibility index (Phi) is 3.80. The Hall–Kier alpha value is -1.55. The van der Waals surface area contributed by atoms with Gasteiger partial charge in [0.1, 0.15) is 11.4 Å². The minimum Gasteiger partial charge on any atom is -0.484 e. The number of hydrogen-bond donors (Lipinski definition) is 0. The maximum atomic E-state index is 12.3. The van der Waals surface area contributed by atoms with Gasteiger partial charge in [0.05, 0.1) is 25.3 Å². The van der Waals surface area contributed by atoms with Crippen LogP contribution in [0.2, 0.25) is 0 Å². The van der Waals surface area contributed by atoms with Gasteiger partial charge in [-0.3, -0.25) is 4.79 Å². The second-order valence-corrected chi connectivity index (χ2v) is 5.56. The van der Waals surface area contributed by atoms with Gasteiger partial charge in [0.25, 0.3) is 0 Å². The zero-order valence-electron chi connectivity index (χ0n) is 12.0. The van der Waals surface area contributed by atoms with Crippen LogP contribution in [-0.2, 0) is 9.53 Å². The Morgan fingerprint density at radius 1 is 1.47 bits per heavy atom. The highest BCUT2D eigenvalue weighted by Gasteiger charge is 2.34. The number of carbonyl (C=O) groups excluding carboxylic acids is 1. The maximum Gasteiger partial charge on any atom is 0.229 e. The summed E-state index contributed by atoms with van der Waals surface area (Å²) in [5, 5.41) is 0. The summed E-state index contributed by atoms with van der Waals surface area (Å²) >= 11 is 0. The number of aryl methyl sites for hydroxylation is 1. The van der Waals surface area contributed by atoms with Gasteiger partial charge in [0.15, 0.2) is 0 Å². The van der Waals surface area contributed by atoms with E-state index in [1.807, 2.05) is 43.9 Å². The number of rotatable bonds is 3. The second kappa shape index (κ2) is 5.21. The normalized spacial score (nSPS) is 16.7. The lowest BCUT2D eigenvalue weighted by Crippen LogP contribution is -2.49. The molecule has 0 N–H and O–H groups in total. The molecule has 0 saturated carbocycles. The van der Waals surface area contributed by atoms with Crippen LogP contribution in [0.3, 0.4) is 0 Å². The minimum absolute atomic E-state index is 0.0741.